The van der Waals surface area contributed by atoms with Crippen LogP contribution in [0.3, 0.4) is 0 Å². The van der Waals surface area contributed by atoms with Crippen molar-refractivity contribution >= 4 is 23.3 Å². The summed E-state index contributed by atoms with van der Waals surface area (Å²) >= 11 is 0. The van der Waals surface area contributed by atoms with E-state index in [1.54, 1.807) is 6.07 Å². The number of hydrogen-bond donors (Lipinski definition) is 2. The molecule has 7 nitrogen and oxygen atoms in total. The number of aromatic nitrogens is 1. The Hall–Kier alpha value is -2.62. The molecule has 1 aliphatic rings. The second kappa shape index (κ2) is 4.33. The lowest BCUT2D eigenvalue weighted by atomic mass is 10.2. The minimum Gasteiger partial charge on any atom is -0.396 e. The van der Waals surface area contributed by atoms with Crippen molar-refractivity contribution in [3.8, 4) is 6.07 Å². The first kappa shape index (κ1) is 11.9. The Morgan fingerprint density at radius 1 is 1.56 bits per heavy atom. The summed E-state index contributed by atoms with van der Waals surface area (Å²) in [5.74, 6) is -0.201. The number of anilines is 2. The third-order valence-corrected chi connectivity index (χ3v) is 2.74. The molecule has 1 aliphatic heterocycles. The molecule has 1 unspecified atom stereocenters. The highest BCUT2D eigenvalue weighted by molar-refractivity contribution is 6.06. The molecule has 2 amide bonds. The number of likely N-dealkylation sites (N-methyl/N-ethyl adjacent to an activating group) is 1. The summed E-state index contributed by atoms with van der Waals surface area (Å²) in [5.41, 5.74) is 5.90. The molecule has 0 spiro atoms. The molecule has 2 rings (SSSR count). The van der Waals surface area contributed by atoms with Crippen molar-refractivity contribution in [2.45, 2.75) is 12.5 Å². The zero-order valence-electron chi connectivity index (χ0n) is 9.67. The van der Waals surface area contributed by atoms with Crippen molar-refractivity contribution < 1.29 is 9.59 Å². The number of amides is 2. The molecule has 0 aliphatic carbocycles. The van der Waals surface area contributed by atoms with Crippen molar-refractivity contribution in [1.29, 1.82) is 5.26 Å². The van der Waals surface area contributed by atoms with Gasteiger partial charge in [0, 0.05) is 7.05 Å². The Bertz CT molecular complexity index is 563. The van der Waals surface area contributed by atoms with Crippen LogP contribution in [0.15, 0.2) is 12.1 Å². The zero-order valence-corrected chi connectivity index (χ0v) is 9.67. The number of carbonyl (C=O) groups is 2. The van der Waals surface area contributed by atoms with Crippen molar-refractivity contribution in [3.05, 3.63) is 17.8 Å². The Labute approximate surface area is 103 Å². The van der Waals surface area contributed by atoms with E-state index in [0.29, 0.717) is 5.82 Å². The summed E-state index contributed by atoms with van der Waals surface area (Å²) in [4.78, 5) is 28.0. The molecule has 0 saturated carbocycles. The Balaban J connectivity index is 2.18. The minimum absolute atomic E-state index is 0.0866. The van der Waals surface area contributed by atoms with Crippen molar-refractivity contribution in [2.75, 3.05) is 18.1 Å². The number of carbonyl (C=O) groups excluding carboxylic acids is 2. The fourth-order valence-electron chi connectivity index (χ4n) is 1.69. The summed E-state index contributed by atoms with van der Waals surface area (Å²) in [6, 6.07) is 4.31. The third kappa shape index (κ3) is 1.96. The van der Waals surface area contributed by atoms with Gasteiger partial charge in [-0.25, -0.2) is 4.98 Å². The van der Waals surface area contributed by atoms with Crippen LogP contribution in [0.25, 0.3) is 0 Å². The van der Waals surface area contributed by atoms with Gasteiger partial charge in [-0.15, -0.1) is 0 Å². The fourth-order valence-corrected chi connectivity index (χ4v) is 1.69. The topological polar surface area (TPSA) is 112 Å². The van der Waals surface area contributed by atoms with E-state index in [1.807, 2.05) is 6.07 Å². The van der Waals surface area contributed by atoms with Crippen LogP contribution in [0, 0.1) is 11.3 Å². The van der Waals surface area contributed by atoms with Crippen LogP contribution in [0.1, 0.15) is 12.1 Å². The number of pyridine rings is 1. The van der Waals surface area contributed by atoms with Crippen LogP contribution in [-0.4, -0.2) is 34.8 Å². The summed E-state index contributed by atoms with van der Waals surface area (Å²) in [5, 5.41) is 11.6. The molecule has 1 saturated heterocycles. The van der Waals surface area contributed by atoms with E-state index in [2.05, 4.69) is 10.3 Å². The van der Waals surface area contributed by atoms with Gasteiger partial charge < -0.3 is 11.1 Å². The average molecular weight is 245 g/mol. The molecule has 7 heteroatoms. The number of likely N-dealkylation sites (tertiary alicyclic amines) is 1. The van der Waals surface area contributed by atoms with E-state index in [-0.39, 0.29) is 29.6 Å². The highest BCUT2D eigenvalue weighted by Gasteiger charge is 2.36. The molecule has 3 N–H and O–H groups in total. The Kier molecular flexibility index (Phi) is 2.85. The van der Waals surface area contributed by atoms with Gasteiger partial charge in [-0.2, -0.15) is 5.26 Å². The number of rotatable bonds is 2. The molecule has 1 atom stereocenters. The zero-order chi connectivity index (χ0) is 13.3. The van der Waals surface area contributed by atoms with Crippen molar-refractivity contribution in [3.63, 3.8) is 0 Å². The predicted molar refractivity (Wildman–Crippen MR) is 63.2 cm³/mol. The summed E-state index contributed by atoms with van der Waals surface area (Å²) in [6.07, 6.45) is 0.0866. The number of nitrogens with zero attached hydrogens (tertiary/aromatic N) is 3. The molecule has 1 aromatic heterocycles. The SMILES string of the molecule is CN1C(=O)CC(Nc2ccc(N)c(C#N)n2)C1=O. The molecule has 18 heavy (non-hydrogen) atoms. The van der Waals surface area contributed by atoms with Crippen LogP contribution in [-0.2, 0) is 9.59 Å². The van der Waals surface area contributed by atoms with E-state index in [9.17, 15) is 9.59 Å². The first-order valence-corrected chi connectivity index (χ1v) is 5.26. The van der Waals surface area contributed by atoms with Crippen molar-refractivity contribution in [2.24, 2.45) is 0 Å². The monoisotopic (exact) mass is 245 g/mol. The van der Waals surface area contributed by atoms with Gasteiger partial charge in [-0.1, -0.05) is 0 Å². The lowest BCUT2D eigenvalue weighted by molar-refractivity contribution is -0.136. The molecule has 0 bridgehead atoms. The van der Waals surface area contributed by atoms with Gasteiger partial charge in [0.1, 0.15) is 17.9 Å². The molecule has 92 valence electrons. The van der Waals surface area contributed by atoms with Gasteiger partial charge in [0.25, 0.3) is 5.91 Å². The van der Waals surface area contributed by atoms with Gasteiger partial charge >= 0.3 is 0 Å². The Morgan fingerprint density at radius 3 is 2.83 bits per heavy atom. The summed E-state index contributed by atoms with van der Waals surface area (Å²) in [6.45, 7) is 0. The normalized spacial score (nSPS) is 18.9. The maximum atomic E-state index is 11.7. The minimum atomic E-state index is -0.634. The fraction of sp³-hybridized carbons (Fsp3) is 0.273. The highest BCUT2D eigenvalue weighted by Crippen LogP contribution is 2.17. The van der Waals surface area contributed by atoms with E-state index in [1.165, 1.54) is 13.1 Å². The molecule has 0 aromatic carbocycles. The first-order chi connectivity index (χ1) is 8.52. The van der Waals surface area contributed by atoms with Gasteiger partial charge in [0.05, 0.1) is 12.1 Å². The van der Waals surface area contributed by atoms with Gasteiger partial charge in [0.2, 0.25) is 5.91 Å². The lowest BCUT2D eigenvalue weighted by Crippen LogP contribution is -2.32. The second-order valence-corrected chi connectivity index (χ2v) is 3.94. The predicted octanol–water partition coefficient (Wildman–Crippen LogP) is -0.295. The number of nitriles is 1. The molecular weight excluding hydrogens is 234 g/mol. The molecule has 1 aromatic rings. The number of nitrogens with one attached hydrogen (secondary N) is 1. The van der Waals surface area contributed by atoms with Crippen LogP contribution in [0.5, 0.6) is 0 Å². The van der Waals surface area contributed by atoms with Crippen LogP contribution < -0.4 is 11.1 Å². The van der Waals surface area contributed by atoms with Crippen LogP contribution in [0.4, 0.5) is 11.5 Å². The number of hydrogen-bond acceptors (Lipinski definition) is 6. The number of nitrogen functional groups attached to an aromatic ring is 1. The summed E-state index contributed by atoms with van der Waals surface area (Å²) in [7, 11) is 1.43. The first-order valence-electron chi connectivity index (χ1n) is 5.26. The largest absolute Gasteiger partial charge is 0.396 e. The van der Waals surface area contributed by atoms with E-state index in [0.717, 1.165) is 4.90 Å². The van der Waals surface area contributed by atoms with Crippen LogP contribution >= 0.6 is 0 Å². The molecule has 2 heterocycles. The average Bonchev–Trinajstić information content (AvgIpc) is 2.59. The smallest absolute Gasteiger partial charge is 0.251 e. The molecule has 1 fully saturated rings. The lowest BCUT2D eigenvalue weighted by Gasteiger charge is -2.11. The second-order valence-electron chi connectivity index (χ2n) is 3.94. The highest BCUT2D eigenvalue weighted by atomic mass is 16.2. The number of nitrogens with two attached hydrogens (primary N) is 1. The molecular formula is C11H11N5O2. The number of imide groups is 1. The van der Waals surface area contributed by atoms with E-state index >= 15 is 0 Å². The van der Waals surface area contributed by atoms with E-state index in [4.69, 9.17) is 11.0 Å². The Morgan fingerprint density at radius 2 is 2.28 bits per heavy atom. The maximum absolute atomic E-state index is 11.7. The van der Waals surface area contributed by atoms with Gasteiger partial charge in [0.15, 0.2) is 5.69 Å². The van der Waals surface area contributed by atoms with Gasteiger partial charge in [-0.3, -0.25) is 14.5 Å². The third-order valence-electron chi connectivity index (χ3n) is 2.74. The maximum Gasteiger partial charge on any atom is 0.251 e. The van der Waals surface area contributed by atoms with Crippen LogP contribution in [0.2, 0.25) is 0 Å². The van der Waals surface area contributed by atoms with E-state index < -0.39 is 6.04 Å². The molecule has 0 radical (unpaired) electrons. The van der Waals surface area contributed by atoms with Gasteiger partial charge in [-0.05, 0) is 12.1 Å². The summed E-state index contributed by atoms with van der Waals surface area (Å²) < 4.78 is 0. The quantitative estimate of drug-likeness (QED) is 0.692. The standard InChI is InChI=1S/C11H11N5O2/c1-16-10(17)4-7(11(16)18)14-9-3-2-6(13)8(5-12)15-9/h2-3,7H,4,13H2,1H3,(H,14,15). The van der Waals surface area contributed by atoms with Crippen molar-refractivity contribution in [1.82, 2.24) is 9.88 Å².